The Morgan fingerprint density at radius 2 is 1.70 bits per heavy atom. The summed E-state index contributed by atoms with van der Waals surface area (Å²) < 4.78 is 13.3. The molecule has 4 nitrogen and oxygen atoms in total. The molecule has 5 heteroatoms. The predicted molar refractivity (Wildman–Crippen MR) is 119 cm³/mol. The standard InChI is InChI=1S/C25H33FN2O2/c1-6-19(5)27-25(30)23(7-2)28(16-20-10-12-22(26)13-11-20)24(29)15-21-14-17(3)8-9-18(21)4/h8-14,19,23H,6-7,15-16H2,1-5H3,(H,27,30)/t19-,23+/m0/s1. The van der Waals surface area contributed by atoms with Gasteiger partial charge in [-0.15, -0.1) is 0 Å². The van der Waals surface area contributed by atoms with Gasteiger partial charge in [-0.2, -0.15) is 0 Å². The first-order valence-electron chi connectivity index (χ1n) is 10.7. The van der Waals surface area contributed by atoms with Crippen molar-refractivity contribution in [1.29, 1.82) is 0 Å². The molecular formula is C25H33FN2O2. The number of rotatable bonds is 9. The first kappa shape index (κ1) is 23.6. The minimum atomic E-state index is -0.582. The summed E-state index contributed by atoms with van der Waals surface area (Å²) in [6.45, 7) is 10.1. The number of hydrogen-bond donors (Lipinski definition) is 1. The van der Waals surface area contributed by atoms with E-state index in [-0.39, 0.29) is 36.6 Å². The van der Waals surface area contributed by atoms with E-state index in [9.17, 15) is 14.0 Å². The Morgan fingerprint density at radius 3 is 2.30 bits per heavy atom. The summed E-state index contributed by atoms with van der Waals surface area (Å²) in [4.78, 5) is 28.0. The summed E-state index contributed by atoms with van der Waals surface area (Å²) in [6, 6.07) is 11.6. The largest absolute Gasteiger partial charge is 0.352 e. The van der Waals surface area contributed by atoms with Gasteiger partial charge >= 0.3 is 0 Å². The van der Waals surface area contributed by atoms with Gasteiger partial charge in [-0.1, -0.05) is 49.7 Å². The van der Waals surface area contributed by atoms with E-state index in [2.05, 4.69) is 5.32 Å². The maximum Gasteiger partial charge on any atom is 0.243 e. The highest BCUT2D eigenvalue weighted by Gasteiger charge is 2.29. The molecule has 1 N–H and O–H groups in total. The molecule has 0 aliphatic rings. The smallest absolute Gasteiger partial charge is 0.243 e. The molecule has 30 heavy (non-hydrogen) atoms. The minimum Gasteiger partial charge on any atom is -0.352 e. The van der Waals surface area contributed by atoms with Crippen LogP contribution in [0, 0.1) is 19.7 Å². The van der Waals surface area contributed by atoms with Crippen LogP contribution in [0.2, 0.25) is 0 Å². The predicted octanol–water partition coefficient (Wildman–Crippen LogP) is 4.71. The second-order valence-corrected chi connectivity index (χ2v) is 8.00. The quantitative estimate of drug-likeness (QED) is 0.649. The summed E-state index contributed by atoms with van der Waals surface area (Å²) >= 11 is 0. The Balaban J connectivity index is 2.32. The van der Waals surface area contributed by atoms with Crippen molar-refractivity contribution in [3.05, 3.63) is 70.5 Å². The van der Waals surface area contributed by atoms with Crippen LogP contribution in [0.3, 0.4) is 0 Å². The Morgan fingerprint density at radius 1 is 1.03 bits per heavy atom. The minimum absolute atomic E-state index is 0.0355. The van der Waals surface area contributed by atoms with Crippen molar-refractivity contribution >= 4 is 11.8 Å². The number of benzene rings is 2. The fourth-order valence-corrected chi connectivity index (χ4v) is 3.40. The lowest BCUT2D eigenvalue weighted by atomic mass is 10.0. The van der Waals surface area contributed by atoms with E-state index in [0.717, 1.165) is 28.7 Å². The zero-order valence-corrected chi connectivity index (χ0v) is 18.7. The second kappa shape index (κ2) is 10.9. The van der Waals surface area contributed by atoms with Gasteiger partial charge in [0.05, 0.1) is 6.42 Å². The van der Waals surface area contributed by atoms with Gasteiger partial charge in [0.15, 0.2) is 0 Å². The van der Waals surface area contributed by atoms with Crippen LogP contribution in [0.1, 0.15) is 55.9 Å². The molecule has 0 bridgehead atoms. The normalized spacial score (nSPS) is 12.9. The summed E-state index contributed by atoms with van der Waals surface area (Å²) in [7, 11) is 0. The van der Waals surface area contributed by atoms with Crippen LogP contribution >= 0.6 is 0 Å². The lowest BCUT2D eigenvalue weighted by molar-refractivity contribution is -0.141. The van der Waals surface area contributed by atoms with Crippen molar-refractivity contribution in [2.75, 3.05) is 0 Å². The van der Waals surface area contributed by atoms with E-state index in [1.54, 1.807) is 17.0 Å². The number of nitrogens with zero attached hydrogens (tertiary/aromatic N) is 1. The molecule has 162 valence electrons. The molecule has 0 heterocycles. The molecule has 0 spiro atoms. The molecular weight excluding hydrogens is 379 g/mol. The fraction of sp³-hybridized carbons (Fsp3) is 0.440. The van der Waals surface area contributed by atoms with Crippen LogP contribution in [0.4, 0.5) is 4.39 Å². The van der Waals surface area contributed by atoms with Gasteiger partial charge < -0.3 is 10.2 Å². The van der Waals surface area contributed by atoms with Gasteiger partial charge in [0, 0.05) is 12.6 Å². The number of carbonyl (C=O) groups excluding carboxylic acids is 2. The lowest BCUT2D eigenvalue weighted by Gasteiger charge is -2.31. The third-order valence-corrected chi connectivity index (χ3v) is 5.50. The van der Waals surface area contributed by atoms with Crippen LogP contribution in [-0.2, 0) is 22.6 Å². The Labute approximate surface area is 179 Å². The third-order valence-electron chi connectivity index (χ3n) is 5.50. The number of halogens is 1. The molecule has 2 aromatic rings. The van der Waals surface area contributed by atoms with E-state index in [1.165, 1.54) is 12.1 Å². The number of amides is 2. The SMILES string of the molecule is CC[C@H](C(=O)N[C@@H](C)CC)N(Cc1ccc(F)cc1)C(=O)Cc1cc(C)ccc1C. The average Bonchev–Trinajstić information content (AvgIpc) is 2.71. The zero-order valence-electron chi connectivity index (χ0n) is 18.7. The molecule has 0 saturated carbocycles. The monoisotopic (exact) mass is 412 g/mol. The lowest BCUT2D eigenvalue weighted by Crippen LogP contribution is -2.51. The van der Waals surface area contributed by atoms with Gasteiger partial charge in [0.25, 0.3) is 0 Å². The molecule has 0 radical (unpaired) electrons. The van der Waals surface area contributed by atoms with E-state index < -0.39 is 6.04 Å². The Bertz CT molecular complexity index is 864. The highest BCUT2D eigenvalue weighted by atomic mass is 19.1. The first-order valence-corrected chi connectivity index (χ1v) is 10.7. The molecule has 0 aromatic heterocycles. The van der Waals surface area contributed by atoms with Crippen LogP contribution in [0.25, 0.3) is 0 Å². The average molecular weight is 413 g/mol. The number of nitrogens with one attached hydrogen (secondary N) is 1. The highest BCUT2D eigenvalue weighted by molar-refractivity contribution is 5.88. The van der Waals surface area contributed by atoms with E-state index >= 15 is 0 Å². The fourth-order valence-electron chi connectivity index (χ4n) is 3.40. The van der Waals surface area contributed by atoms with Crippen LogP contribution < -0.4 is 5.32 Å². The van der Waals surface area contributed by atoms with Gasteiger partial charge in [-0.25, -0.2) is 4.39 Å². The van der Waals surface area contributed by atoms with E-state index in [1.807, 2.05) is 52.8 Å². The molecule has 0 unspecified atom stereocenters. The molecule has 0 fully saturated rings. The summed E-state index contributed by atoms with van der Waals surface area (Å²) in [5.41, 5.74) is 3.89. The number of aryl methyl sites for hydroxylation is 2. The Kier molecular flexibility index (Phi) is 8.58. The van der Waals surface area contributed by atoms with Gasteiger partial charge in [-0.3, -0.25) is 9.59 Å². The molecule has 0 saturated heterocycles. The highest BCUT2D eigenvalue weighted by Crippen LogP contribution is 2.18. The Hall–Kier alpha value is -2.69. The van der Waals surface area contributed by atoms with Crippen molar-refractivity contribution < 1.29 is 14.0 Å². The molecule has 2 rings (SSSR count). The second-order valence-electron chi connectivity index (χ2n) is 8.00. The van der Waals surface area contributed by atoms with Crippen molar-refractivity contribution in [2.24, 2.45) is 0 Å². The van der Waals surface area contributed by atoms with Crippen molar-refractivity contribution in [3.8, 4) is 0 Å². The first-order chi connectivity index (χ1) is 14.2. The van der Waals surface area contributed by atoms with Crippen LogP contribution in [-0.4, -0.2) is 28.8 Å². The maximum atomic E-state index is 13.4. The van der Waals surface area contributed by atoms with Gasteiger partial charge in [0.1, 0.15) is 11.9 Å². The molecule has 0 aliphatic carbocycles. The topological polar surface area (TPSA) is 49.4 Å². The molecule has 0 aliphatic heterocycles. The van der Waals surface area contributed by atoms with Gasteiger partial charge in [-0.05, 0) is 62.4 Å². The molecule has 2 amide bonds. The summed E-state index contributed by atoms with van der Waals surface area (Å²) in [6.07, 6.45) is 1.54. The van der Waals surface area contributed by atoms with Crippen molar-refractivity contribution in [1.82, 2.24) is 10.2 Å². The number of carbonyl (C=O) groups is 2. The molecule has 2 aromatic carbocycles. The van der Waals surface area contributed by atoms with Crippen LogP contribution in [0.5, 0.6) is 0 Å². The zero-order chi connectivity index (χ0) is 22.3. The maximum absolute atomic E-state index is 13.4. The van der Waals surface area contributed by atoms with E-state index in [0.29, 0.717) is 6.42 Å². The van der Waals surface area contributed by atoms with E-state index in [4.69, 9.17) is 0 Å². The van der Waals surface area contributed by atoms with Crippen LogP contribution in [0.15, 0.2) is 42.5 Å². The third kappa shape index (κ3) is 6.41. The van der Waals surface area contributed by atoms with Crippen molar-refractivity contribution in [2.45, 2.75) is 72.5 Å². The molecule has 2 atom stereocenters. The van der Waals surface area contributed by atoms with Crippen molar-refractivity contribution in [3.63, 3.8) is 0 Å². The summed E-state index contributed by atoms with van der Waals surface area (Å²) in [5.74, 6) is -0.587. The number of hydrogen-bond acceptors (Lipinski definition) is 2. The summed E-state index contributed by atoms with van der Waals surface area (Å²) in [5, 5.41) is 3.00. The van der Waals surface area contributed by atoms with Gasteiger partial charge in [0.2, 0.25) is 11.8 Å².